The predicted octanol–water partition coefficient (Wildman–Crippen LogP) is 5.01. The summed E-state index contributed by atoms with van der Waals surface area (Å²) in [6, 6.07) is 23.4. The molecule has 6 N–H and O–H groups in total. The molecule has 2 amide bonds. The van der Waals surface area contributed by atoms with Crippen LogP contribution in [0.2, 0.25) is 0 Å². The number of nitrogens with one attached hydrogen (secondary N) is 3. The molecule has 5 aromatic rings. The molecule has 3 fully saturated rings. The van der Waals surface area contributed by atoms with Crippen LogP contribution in [0.15, 0.2) is 90.1 Å². The maximum atomic E-state index is 13.9. The average Bonchev–Trinajstić information content (AvgIpc) is 4.00. The lowest BCUT2D eigenvalue weighted by atomic mass is 9.93. The number of anilines is 2. The molecule has 3 aliphatic heterocycles. The second kappa shape index (κ2) is 16.9. The highest BCUT2D eigenvalue weighted by atomic mass is 32.2. The summed E-state index contributed by atoms with van der Waals surface area (Å²) < 4.78 is 28.1. The highest BCUT2D eigenvalue weighted by molar-refractivity contribution is 7.83. The van der Waals surface area contributed by atoms with Gasteiger partial charge in [0.25, 0.3) is 5.91 Å². The zero-order valence-corrected chi connectivity index (χ0v) is 33.5. The number of amides is 2. The lowest BCUT2D eigenvalue weighted by Crippen LogP contribution is -2.54. The molecular formula is C44H51N8O5S+. The van der Waals surface area contributed by atoms with Crippen molar-refractivity contribution in [2.24, 2.45) is 11.8 Å². The van der Waals surface area contributed by atoms with Crippen molar-refractivity contribution in [3.63, 3.8) is 0 Å². The summed E-state index contributed by atoms with van der Waals surface area (Å²) >= 11 is 0. The Labute approximate surface area is 340 Å². The second-order valence-electron chi connectivity index (χ2n) is 16.0. The molecule has 5 heterocycles. The monoisotopic (exact) mass is 803 g/mol. The van der Waals surface area contributed by atoms with Gasteiger partial charge in [0, 0.05) is 100 Å². The summed E-state index contributed by atoms with van der Waals surface area (Å²) in [5, 5.41) is 4.35. The molecule has 0 radical (unpaired) electrons. The van der Waals surface area contributed by atoms with Crippen molar-refractivity contribution in [2.45, 2.75) is 49.6 Å². The van der Waals surface area contributed by atoms with Crippen LogP contribution in [0.4, 0.5) is 17.1 Å². The SMILES string of the molecule is [NH3+]c1cc(S(=O)NC(=O)c2ccc(N3CCN(C[C@@H]4Cc5ccccc5CN4C(=O)C4CC4)CC3)cc2Oc2cnc3[nH]ccc3c2)ccc1NCC1CCOCC1. The minimum atomic E-state index is -1.84. The number of benzene rings is 3. The van der Waals surface area contributed by atoms with Crippen molar-refractivity contribution in [1.29, 1.82) is 0 Å². The van der Waals surface area contributed by atoms with Crippen LogP contribution in [0.3, 0.4) is 0 Å². The normalized spacial score (nSPS) is 19.4. The van der Waals surface area contributed by atoms with Gasteiger partial charge in [0.2, 0.25) is 5.91 Å². The van der Waals surface area contributed by atoms with Crippen molar-refractivity contribution in [2.75, 3.05) is 62.7 Å². The number of ether oxygens (including phenoxy) is 2. The van der Waals surface area contributed by atoms with E-state index in [0.717, 1.165) is 107 Å². The van der Waals surface area contributed by atoms with Gasteiger partial charge >= 0.3 is 0 Å². The Bertz CT molecular complexity index is 2320. The standard InChI is InChI=1S/C44H50N8O5S/c45-39-24-37(8-10-40(39)47-25-29-12-19-56-20-13-29)58(55)49-43(53)38-9-7-34(23-41(38)57-36-22-32-11-14-46-42(32)48-26-36)51-17-15-50(16-18-51)28-35-21-31-3-1-2-4-33(31)27-52(35)44(54)30-5-6-30/h1-4,7-11,14,22-24,26,29-30,35,47H,5-6,12-13,15-21,25,27-28,45H2,(H,46,48)(H,49,53)/p+1/t35-,58?/m0/s1. The number of rotatable bonds is 12. The Morgan fingerprint density at radius 1 is 0.948 bits per heavy atom. The van der Waals surface area contributed by atoms with Crippen molar-refractivity contribution < 1.29 is 29.0 Å². The van der Waals surface area contributed by atoms with Crippen molar-refractivity contribution in [1.82, 2.24) is 24.5 Å². The lowest BCUT2D eigenvalue weighted by Gasteiger charge is -2.42. The van der Waals surface area contributed by atoms with E-state index in [2.05, 4.69) is 64.7 Å². The van der Waals surface area contributed by atoms with E-state index in [1.807, 2.05) is 36.5 Å². The number of H-pyrrole nitrogens is 1. The fourth-order valence-corrected chi connectivity index (χ4v) is 9.24. The van der Waals surface area contributed by atoms with Gasteiger partial charge in [-0.25, -0.2) is 9.19 Å². The summed E-state index contributed by atoms with van der Waals surface area (Å²) in [6.45, 7) is 7.16. The number of nitrogens with zero attached hydrogens (tertiary/aromatic N) is 4. The van der Waals surface area contributed by atoms with E-state index in [1.54, 1.807) is 24.4 Å². The highest BCUT2D eigenvalue weighted by Gasteiger charge is 2.39. The van der Waals surface area contributed by atoms with Crippen LogP contribution in [0.25, 0.3) is 11.0 Å². The van der Waals surface area contributed by atoms with Gasteiger partial charge in [0.15, 0.2) is 16.7 Å². The first kappa shape index (κ1) is 38.2. The average molecular weight is 804 g/mol. The van der Waals surface area contributed by atoms with Gasteiger partial charge < -0.3 is 35.3 Å². The summed E-state index contributed by atoms with van der Waals surface area (Å²) in [5.41, 5.74) is 10.3. The minimum absolute atomic E-state index is 0.154. The number of aromatic amines is 1. The first-order valence-electron chi connectivity index (χ1n) is 20.4. The number of pyridine rings is 1. The van der Waals surface area contributed by atoms with Crippen LogP contribution in [0.1, 0.15) is 47.2 Å². The molecule has 302 valence electrons. The number of aromatic nitrogens is 2. The van der Waals surface area contributed by atoms with E-state index in [-0.39, 0.29) is 17.5 Å². The molecule has 14 heteroatoms. The summed E-state index contributed by atoms with van der Waals surface area (Å²) in [6.07, 6.45) is 8.37. The molecule has 0 spiro atoms. The fourth-order valence-electron chi connectivity index (χ4n) is 8.40. The topological polar surface area (TPSA) is 160 Å². The van der Waals surface area contributed by atoms with Gasteiger partial charge in [-0.1, -0.05) is 24.3 Å². The van der Waals surface area contributed by atoms with Gasteiger partial charge in [0.05, 0.1) is 22.3 Å². The predicted molar refractivity (Wildman–Crippen MR) is 223 cm³/mol. The van der Waals surface area contributed by atoms with E-state index >= 15 is 0 Å². The maximum Gasteiger partial charge on any atom is 0.266 e. The largest absolute Gasteiger partial charge is 0.455 e. The molecule has 3 aromatic carbocycles. The molecular weight excluding hydrogens is 753 g/mol. The van der Waals surface area contributed by atoms with Crippen LogP contribution in [0.5, 0.6) is 11.5 Å². The Morgan fingerprint density at radius 3 is 2.55 bits per heavy atom. The highest BCUT2D eigenvalue weighted by Crippen LogP contribution is 2.36. The number of carbonyl (C=O) groups is 2. The minimum Gasteiger partial charge on any atom is -0.455 e. The van der Waals surface area contributed by atoms with Crippen LogP contribution in [-0.2, 0) is 33.5 Å². The number of piperazine rings is 1. The van der Waals surface area contributed by atoms with E-state index in [0.29, 0.717) is 40.5 Å². The molecule has 4 aliphatic rings. The van der Waals surface area contributed by atoms with E-state index in [9.17, 15) is 13.8 Å². The van der Waals surface area contributed by atoms with Gasteiger partial charge in [-0.15, -0.1) is 0 Å². The first-order chi connectivity index (χ1) is 28.3. The van der Waals surface area contributed by atoms with Gasteiger partial charge in [0.1, 0.15) is 17.1 Å². The third-order valence-corrected chi connectivity index (χ3v) is 13.0. The van der Waals surface area contributed by atoms with Crippen molar-refractivity contribution in [3.8, 4) is 11.5 Å². The number of quaternary nitrogens is 1. The molecule has 2 aromatic heterocycles. The number of hydrogen-bond acceptors (Lipinski definition) is 9. The third-order valence-electron chi connectivity index (χ3n) is 12.0. The summed E-state index contributed by atoms with van der Waals surface area (Å²) in [5.74, 6) is 1.33. The van der Waals surface area contributed by atoms with E-state index in [1.165, 1.54) is 11.1 Å². The smallest absolute Gasteiger partial charge is 0.266 e. The first-order valence-corrected chi connectivity index (χ1v) is 21.6. The molecule has 58 heavy (non-hydrogen) atoms. The maximum absolute atomic E-state index is 13.9. The summed E-state index contributed by atoms with van der Waals surface area (Å²) in [7, 11) is -1.84. The summed E-state index contributed by atoms with van der Waals surface area (Å²) in [4.78, 5) is 42.2. The molecule has 1 unspecified atom stereocenters. The molecule has 9 rings (SSSR count). The Hall–Kier alpha value is -5.28. The number of fused-ring (bicyclic) bond motifs is 2. The molecule has 0 bridgehead atoms. The van der Waals surface area contributed by atoms with Gasteiger partial charge in [-0.3, -0.25) is 19.2 Å². The van der Waals surface area contributed by atoms with Gasteiger partial charge in [-0.2, -0.15) is 0 Å². The van der Waals surface area contributed by atoms with Gasteiger partial charge in [-0.05, 0) is 85.5 Å². The molecule has 2 atom stereocenters. The zero-order chi connectivity index (χ0) is 39.6. The fraction of sp³-hybridized carbons (Fsp3) is 0.386. The van der Waals surface area contributed by atoms with E-state index < -0.39 is 16.9 Å². The third kappa shape index (κ3) is 8.60. The molecule has 1 saturated carbocycles. The quantitative estimate of drug-likeness (QED) is 0.136. The Kier molecular flexibility index (Phi) is 11.1. The van der Waals surface area contributed by atoms with Crippen LogP contribution in [0, 0.1) is 11.8 Å². The second-order valence-corrected chi connectivity index (χ2v) is 17.2. The van der Waals surface area contributed by atoms with Crippen molar-refractivity contribution in [3.05, 3.63) is 102 Å². The zero-order valence-electron chi connectivity index (χ0n) is 32.7. The van der Waals surface area contributed by atoms with Crippen LogP contribution < -0.4 is 25.4 Å². The number of hydrogen-bond donors (Lipinski definition) is 4. The van der Waals surface area contributed by atoms with Crippen molar-refractivity contribution >= 4 is 50.9 Å². The van der Waals surface area contributed by atoms with E-state index in [4.69, 9.17) is 9.47 Å². The molecule has 2 saturated heterocycles. The molecule has 13 nitrogen and oxygen atoms in total. The van der Waals surface area contributed by atoms with Crippen LogP contribution in [-0.4, -0.2) is 94.3 Å². The van der Waals surface area contributed by atoms with Crippen LogP contribution >= 0.6 is 0 Å². The Morgan fingerprint density at radius 2 is 1.76 bits per heavy atom. The number of carbonyl (C=O) groups excluding carboxylic acids is 2. The lowest BCUT2D eigenvalue weighted by molar-refractivity contribution is -0.253. The molecule has 1 aliphatic carbocycles. The Balaban J connectivity index is 0.885.